The Morgan fingerprint density at radius 2 is 1.79 bits per heavy atom. The fourth-order valence-corrected chi connectivity index (χ4v) is 10.0. The maximum absolute atomic E-state index is 14.9. The number of oxime groups is 1. The highest BCUT2D eigenvalue weighted by Gasteiger charge is 2.65. The van der Waals surface area contributed by atoms with Crippen LogP contribution in [0, 0.1) is 29.5 Å². The van der Waals surface area contributed by atoms with Crippen molar-refractivity contribution in [3.8, 4) is 11.5 Å². The highest BCUT2D eigenvalue weighted by Crippen LogP contribution is 2.62. The van der Waals surface area contributed by atoms with Crippen molar-refractivity contribution in [1.82, 2.24) is 10.2 Å². The molecular formula is C46H62FN3O8. The molecule has 316 valence electrons. The van der Waals surface area contributed by atoms with E-state index in [1.807, 2.05) is 24.0 Å². The van der Waals surface area contributed by atoms with E-state index in [1.54, 1.807) is 24.3 Å². The van der Waals surface area contributed by atoms with Crippen molar-refractivity contribution in [3.63, 3.8) is 0 Å². The molecule has 3 N–H and O–H groups in total. The molecule has 11 nitrogen and oxygen atoms in total. The largest absolute Gasteiger partial charge is 0.459 e. The van der Waals surface area contributed by atoms with Gasteiger partial charge in [-0.15, -0.1) is 6.58 Å². The van der Waals surface area contributed by atoms with E-state index >= 15 is 0 Å². The Kier molecular flexibility index (Phi) is 15.4. The third-order valence-corrected chi connectivity index (χ3v) is 12.6. The summed E-state index contributed by atoms with van der Waals surface area (Å²) in [5, 5.41) is 27.1. The zero-order valence-electron chi connectivity index (χ0n) is 34.2. The van der Waals surface area contributed by atoms with Crippen molar-refractivity contribution in [2.45, 2.75) is 115 Å². The van der Waals surface area contributed by atoms with Crippen molar-refractivity contribution in [2.24, 2.45) is 28.8 Å². The summed E-state index contributed by atoms with van der Waals surface area (Å²) in [4.78, 5) is 35.0. The van der Waals surface area contributed by atoms with Crippen molar-refractivity contribution in [1.29, 1.82) is 0 Å². The van der Waals surface area contributed by atoms with E-state index in [-0.39, 0.29) is 62.3 Å². The first-order valence-corrected chi connectivity index (χ1v) is 21.4. The second kappa shape index (κ2) is 20.6. The van der Waals surface area contributed by atoms with Crippen LogP contribution in [0.15, 0.2) is 71.9 Å². The fourth-order valence-electron chi connectivity index (χ4n) is 10.0. The number of benzene rings is 2. The van der Waals surface area contributed by atoms with Crippen LogP contribution < -0.4 is 14.8 Å². The number of unbranched alkanes of at least 4 members (excludes halogenated alkanes) is 2. The molecule has 1 heterocycles. The van der Waals surface area contributed by atoms with Gasteiger partial charge in [-0.05, 0) is 98.2 Å². The van der Waals surface area contributed by atoms with Crippen molar-refractivity contribution < 1.29 is 43.2 Å². The summed E-state index contributed by atoms with van der Waals surface area (Å²) in [7, 11) is 1.52. The van der Waals surface area contributed by atoms with Crippen LogP contribution >= 0.6 is 0 Å². The van der Waals surface area contributed by atoms with Gasteiger partial charge in [0.2, 0.25) is 11.7 Å². The van der Waals surface area contributed by atoms with Gasteiger partial charge in [-0.2, -0.15) is 0 Å². The molecule has 1 aliphatic heterocycles. The molecule has 4 aliphatic rings. The number of allylic oxidation sites excluding steroid dienone is 1. The van der Waals surface area contributed by atoms with Gasteiger partial charge in [-0.25, -0.2) is 9.18 Å². The van der Waals surface area contributed by atoms with E-state index in [0.717, 1.165) is 61.6 Å². The highest BCUT2D eigenvalue weighted by molar-refractivity contribution is 6.03. The van der Waals surface area contributed by atoms with Gasteiger partial charge in [0, 0.05) is 50.6 Å². The molecule has 2 fully saturated rings. The Bertz CT molecular complexity index is 1760. The quantitative estimate of drug-likeness (QED) is 0.0692. The number of aliphatic hydroxyl groups is 2. The third-order valence-electron chi connectivity index (χ3n) is 12.6. The van der Waals surface area contributed by atoms with Gasteiger partial charge in [0.05, 0.1) is 18.2 Å². The summed E-state index contributed by atoms with van der Waals surface area (Å²) in [5.74, 6) is -1.10. The average molecular weight is 804 g/mol. The maximum atomic E-state index is 14.9. The summed E-state index contributed by atoms with van der Waals surface area (Å²) in [5.41, 5.74) is 3.23. The lowest BCUT2D eigenvalue weighted by Gasteiger charge is -2.60. The number of carbonyl (C=O) groups excluding carboxylic acids is 2. The van der Waals surface area contributed by atoms with Gasteiger partial charge >= 0.3 is 6.09 Å². The molecule has 58 heavy (non-hydrogen) atoms. The molecule has 3 aliphatic carbocycles. The number of ether oxygens (including phenoxy) is 3. The standard InChI is InChI=1S/C46H62FN3O8/c1-4-26-56-46-41(50(30-32-16-19-34(47)20-17-32)42(53)23-18-31-12-6-7-13-31)29-39(49-55-3)37-27-33(14-8-10-24-51)36(15-9-11-25-52)43(44(37)46)38-28-35(21-22-40(38)58-46)57-45(54)48-5-2/h4,16-17,19-22,27-28,31,33,36,41,43-44,51-52H,1,5-15,18,23-26,29-30H2,2-3H3,(H,48,54)/t33-,36+,41-,43+,44+,46+/m0/s1. The van der Waals surface area contributed by atoms with Crippen LogP contribution in [-0.4, -0.2) is 78.1 Å². The number of carbonyl (C=O) groups is 2. The molecule has 2 saturated carbocycles. The molecule has 0 spiro atoms. The van der Waals surface area contributed by atoms with E-state index in [4.69, 9.17) is 19.0 Å². The number of hydrogen-bond donors (Lipinski definition) is 3. The number of nitrogens with one attached hydrogen (secondary N) is 1. The van der Waals surface area contributed by atoms with E-state index in [1.165, 1.54) is 32.1 Å². The van der Waals surface area contributed by atoms with Crippen molar-refractivity contribution in [3.05, 3.63) is 83.7 Å². The van der Waals surface area contributed by atoms with E-state index in [2.05, 4.69) is 23.1 Å². The molecule has 2 aromatic carbocycles. The predicted octanol–water partition coefficient (Wildman–Crippen LogP) is 8.20. The highest BCUT2D eigenvalue weighted by atomic mass is 19.1. The summed E-state index contributed by atoms with van der Waals surface area (Å²) in [6.07, 6.45) is 13.9. The molecule has 2 amide bonds. The molecule has 0 bridgehead atoms. The summed E-state index contributed by atoms with van der Waals surface area (Å²) < 4.78 is 34.4. The second-order valence-corrected chi connectivity index (χ2v) is 16.2. The van der Waals surface area contributed by atoms with Crippen LogP contribution in [0.3, 0.4) is 0 Å². The Balaban J connectivity index is 1.56. The van der Waals surface area contributed by atoms with Crippen molar-refractivity contribution >= 4 is 17.7 Å². The van der Waals surface area contributed by atoms with Gasteiger partial charge in [0.1, 0.15) is 30.5 Å². The van der Waals surface area contributed by atoms with Crippen LogP contribution in [0.2, 0.25) is 0 Å². The van der Waals surface area contributed by atoms with Gasteiger partial charge in [-0.1, -0.05) is 68.0 Å². The van der Waals surface area contributed by atoms with Crippen LogP contribution in [0.5, 0.6) is 11.5 Å². The molecule has 0 radical (unpaired) electrons. The topological polar surface area (TPSA) is 139 Å². The van der Waals surface area contributed by atoms with E-state index < -0.39 is 23.8 Å². The number of aliphatic hydroxyl groups excluding tert-OH is 2. The zero-order chi connectivity index (χ0) is 41.1. The normalized spacial score (nSPS) is 25.6. The Morgan fingerprint density at radius 1 is 1.05 bits per heavy atom. The van der Waals surface area contributed by atoms with Crippen LogP contribution in [-0.2, 0) is 20.9 Å². The fraction of sp³-hybridized carbons (Fsp3) is 0.587. The third kappa shape index (κ3) is 9.77. The lowest BCUT2D eigenvalue weighted by molar-refractivity contribution is -0.258. The van der Waals surface area contributed by atoms with Crippen LogP contribution in [0.4, 0.5) is 9.18 Å². The molecule has 0 saturated heterocycles. The monoisotopic (exact) mass is 803 g/mol. The Labute approximate surface area is 342 Å². The lowest BCUT2D eigenvalue weighted by atomic mass is 9.55. The van der Waals surface area contributed by atoms with Crippen LogP contribution in [0.1, 0.15) is 107 Å². The van der Waals surface area contributed by atoms with Gasteiger partial charge < -0.3 is 39.5 Å². The van der Waals surface area contributed by atoms with Gasteiger partial charge in [-0.3, -0.25) is 4.79 Å². The first kappa shape index (κ1) is 43.3. The average Bonchev–Trinajstić information content (AvgIpc) is 3.75. The SMILES string of the molecule is C=CCO[C@@]12Oc3ccc(OC(=O)NCC)cc3[C@H]3[C@H](CCCCO)[C@@H](CCCCO)C=C(C(=NOC)C[C@@H]1N(Cc1ccc(F)cc1)C(=O)CCC1CCCC1)[C@H]32. The number of amides is 2. The zero-order valence-corrected chi connectivity index (χ0v) is 34.2. The number of rotatable bonds is 20. The molecule has 6 atom stereocenters. The maximum Gasteiger partial charge on any atom is 0.412 e. The molecule has 6 rings (SSSR count). The molecule has 0 aromatic heterocycles. The Morgan fingerprint density at radius 3 is 2.48 bits per heavy atom. The second-order valence-electron chi connectivity index (χ2n) is 16.2. The number of nitrogens with zero attached hydrogens (tertiary/aromatic N) is 2. The minimum atomic E-state index is -1.43. The lowest BCUT2D eigenvalue weighted by Crippen LogP contribution is -2.70. The van der Waals surface area contributed by atoms with Crippen molar-refractivity contribution in [2.75, 3.05) is 33.5 Å². The molecule has 0 unspecified atom stereocenters. The minimum Gasteiger partial charge on any atom is -0.459 e. The van der Waals surface area contributed by atoms with E-state index in [0.29, 0.717) is 48.9 Å². The molecule has 2 aromatic rings. The van der Waals surface area contributed by atoms with Crippen LogP contribution in [0.25, 0.3) is 0 Å². The first-order valence-electron chi connectivity index (χ1n) is 21.4. The summed E-state index contributed by atoms with van der Waals surface area (Å²) in [6.45, 7) is 6.75. The van der Waals surface area contributed by atoms with Gasteiger partial charge in [0.25, 0.3) is 0 Å². The molecule has 12 heteroatoms. The number of fused-ring (bicyclic) bond motifs is 2. The number of hydrogen-bond acceptors (Lipinski definition) is 9. The summed E-state index contributed by atoms with van der Waals surface area (Å²) in [6, 6.07) is 11.0. The predicted molar refractivity (Wildman–Crippen MR) is 220 cm³/mol. The van der Waals surface area contributed by atoms with Gasteiger partial charge in [0.15, 0.2) is 0 Å². The van der Waals surface area contributed by atoms with E-state index in [9.17, 15) is 24.2 Å². The first-order chi connectivity index (χ1) is 28.3. The smallest absolute Gasteiger partial charge is 0.412 e. The Hall–Kier alpha value is -4.26. The number of halogens is 1. The minimum absolute atomic E-state index is 0.0132. The molecular weight excluding hydrogens is 742 g/mol. The summed E-state index contributed by atoms with van der Waals surface area (Å²) >= 11 is 0.